The fourth-order valence-electron chi connectivity index (χ4n) is 3.84. The normalized spacial score (nSPS) is 16.4. The van der Waals surface area contributed by atoms with E-state index in [1.807, 2.05) is 46.7 Å². The monoisotopic (exact) mass is 447 g/mol. The summed E-state index contributed by atoms with van der Waals surface area (Å²) in [7, 11) is 0. The molecule has 1 atom stereocenters. The number of aryl methyl sites for hydroxylation is 1. The number of rotatable bonds is 7. The van der Waals surface area contributed by atoms with Gasteiger partial charge in [0.15, 0.2) is 11.6 Å². The number of fused-ring (bicyclic) bond motifs is 1. The summed E-state index contributed by atoms with van der Waals surface area (Å²) in [5.41, 5.74) is 3.95. The van der Waals surface area contributed by atoms with Crippen LogP contribution in [0.15, 0.2) is 48.9 Å². The van der Waals surface area contributed by atoms with Gasteiger partial charge in [0, 0.05) is 54.9 Å². The number of nitrogens with one attached hydrogen (secondary N) is 2. The first-order valence-electron chi connectivity index (χ1n) is 11.3. The molecule has 5 heterocycles. The zero-order valence-corrected chi connectivity index (χ0v) is 19.2. The standard InChI is InChI=1S/C24H29N7O2/c1-16(2)30-8-5-23(28-30)27-24-12-19-11-18(4-7-31(19)29-24)21-10-17(3)26-14-22(21)33-15-20-13-25-6-9-32-20/h4-5,7-8,10-12,14,16,20,25H,6,9,13,15H2,1-3H3,(H,27,28,29)/t20-/m0/s1. The Morgan fingerprint density at radius 2 is 2.09 bits per heavy atom. The predicted octanol–water partition coefficient (Wildman–Crippen LogP) is 3.59. The maximum Gasteiger partial charge on any atom is 0.154 e. The minimum Gasteiger partial charge on any atom is -0.489 e. The van der Waals surface area contributed by atoms with E-state index in [2.05, 4.69) is 51.8 Å². The van der Waals surface area contributed by atoms with Crippen LogP contribution >= 0.6 is 0 Å². The van der Waals surface area contributed by atoms with Crippen LogP contribution in [0.3, 0.4) is 0 Å². The van der Waals surface area contributed by atoms with Gasteiger partial charge < -0.3 is 20.1 Å². The number of pyridine rings is 2. The van der Waals surface area contributed by atoms with Gasteiger partial charge in [0.1, 0.15) is 18.5 Å². The highest BCUT2D eigenvalue weighted by Crippen LogP contribution is 2.31. The second-order valence-electron chi connectivity index (χ2n) is 8.54. The van der Waals surface area contributed by atoms with Gasteiger partial charge in [0.05, 0.1) is 18.3 Å². The van der Waals surface area contributed by atoms with Gasteiger partial charge in [-0.25, -0.2) is 4.52 Å². The minimum atomic E-state index is 0.0398. The van der Waals surface area contributed by atoms with E-state index >= 15 is 0 Å². The molecule has 0 radical (unpaired) electrons. The summed E-state index contributed by atoms with van der Waals surface area (Å²) in [6.07, 6.45) is 5.75. The van der Waals surface area contributed by atoms with Crippen molar-refractivity contribution in [3.05, 3.63) is 54.6 Å². The van der Waals surface area contributed by atoms with Crippen molar-refractivity contribution in [3.63, 3.8) is 0 Å². The van der Waals surface area contributed by atoms with E-state index in [0.29, 0.717) is 19.3 Å². The van der Waals surface area contributed by atoms with Crippen LogP contribution in [0.2, 0.25) is 0 Å². The fourth-order valence-corrected chi connectivity index (χ4v) is 3.84. The SMILES string of the molecule is Cc1cc(-c2ccn3nc(Nc4ccn(C(C)C)n4)cc3c2)c(OC[C@@H]2CNCCO2)cn1. The van der Waals surface area contributed by atoms with E-state index in [1.54, 1.807) is 6.20 Å². The first-order valence-corrected chi connectivity index (χ1v) is 11.3. The Morgan fingerprint density at radius 1 is 1.18 bits per heavy atom. The van der Waals surface area contributed by atoms with E-state index in [0.717, 1.165) is 52.8 Å². The third kappa shape index (κ3) is 4.84. The molecule has 0 saturated carbocycles. The topological polar surface area (TPSA) is 90.5 Å². The molecule has 172 valence electrons. The predicted molar refractivity (Wildman–Crippen MR) is 127 cm³/mol. The van der Waals surface area contributed by atoms with Crippen molar-refractivity contribution in [2.24, 2.45) is 0 Å². The van der Waals surface area contributed by atoms with Gasteiger partial charge >= 0.3 is 0 Å². The van der Waals surface area contributed by atoms with E-state index in [-0.39, 0.29) is 6.10 Å². The van der Waals surface area contributed by atoms with E-state index in [1.165, 1.54) is 0 Å². The summed E-state index contributed by atoms with van der Waals surface area (Å²) in [5, 5.41) is 15.8. The zero-order valence-electron chi connectivity index (χ0n) is 19.2. The molecule has 0 unspecified atom stereocenters. The number of hydrogen-bond donors (Lipinski definition) is 2. The maximum absolute atomic E-state index is 6.13. The molecular formula is C24H29N7O2. The van der Waals surface area contributed by atoms with Crippen LogP contribution in [0.4, 0.5) is 11.6 Å². The van der Waals surface area contributed by atoms with Crippen molar-refractivity contribution >= 4 is 17.2 Å². The third-order valence-corrected chi connectivity index (χ3v) is 5.60. The Morgan fingerprint density at radius 3 is 2.88 bits per heavy atom. The molecule has 1 saturated heterocycles. The molecule has 1 fully saturated rings. The summed E-state index contributed by atoms with van der Waals surface area (Å²) in [6.45, 7) is 9.05. The van der Waals surface area contributed by atoms with Crippen molar-refractivity contribution in [2.45, 2.75) is 32.9 Å². The Labute approximate surface area is 192 Å². The second-order valence-corrected chi connectivity index (χ2v) is 8.54. The first-order chi connectivity index (χ1) is 16.0. The summed E-state index contributed by atoms with van der Waals surface area (Å²) in [6, 6.07) is 10.5. The zero-order chi connectivity index (χ0) is 22.8. The van der Waals surface area contributed by atoms with Gasteiger partial charge in [-0.2, -0.15) is 10.2 Å². The van der Waals surface area contributed by atoms with Gasteiger partial charge in [0.25, 0.3) is 0 Å². The molecule has 0 aromatic carbocycles. The average molecular weight is 448 g/mol. The van der Waals surface area contributed by atoms with Crippen molar-refractivity contribution in [3.8, 4) is 16.9 Å². The van der Waals surface area contributed by atoms with Crippen LogP contribution in [-0.4, -0.2) is 56.8 Å². The Balaban J connectivity index is 1.38. The number of anilines is 2. The van der Waals surface area contributed by atoms with Crippen molar-refractivity contribution in [2.75, 3.05) is 31.6 Å². The Bertz CT molecular complexity index is 1240. The molecule has 5 rings (SSSR count). The summed E-state index contributed by atoms with van der Waals surface area (Å²) in [4.78, 5) is 4.44. The molecule has 9 nitrogen and oxygen atoms in total. The van der Waals surface area contributed by atoms with Crippen molar-refractivity contribution < 1.29 is 9.47 Å². The largest absolute Gasteiger partial charge is 0.489 e. The summed E-state index contributed by atoms with van der Waals surface area (Å²) < 4.78 is 15.7. The Kier molecular flexibility index (Phi) is 5.97. The van der Waals surface area contributed by atoms with Gasteiger partial charge in [-0.05, 0) is 44.5 Å². The fraction of sp³-hybridized carbons (Fsp3) is 0.375. The lowest BCUT2D eigenvalue weighted by Gasteiger charge is -2.24. The molecule has 9 heteroatoms. The van der Waals surface area contributed by atoms with Crippen molar-refractivity contribution in [1.82, 2.24) is 29.7 Å². The van der Waals surface area contributed by atoms with Crippen LogP contribution in [0.5, 0.6) is 5.75 Å². The second kappa shape index (κ2) is 9.21. The van der Waals surface area contributed by atoms with Crippen LogP contribution in [0.25, 0.3) is 16.6 Å². The molecular weight excluding hydrogens is 418 g/mol. The average Bonchev–Trinajstić information content (AvgIpc) is 3.45. The molecule has 2 N–H and O–H groups in total. The summed E-state index contributed by atoms with van der Waals surface area (Å²) in [5.74, 6) is 2.26. The molecule has 33 heavy (non-hydrogen) atoms. The minimum absolute atomic E-state index is 0.0398. The van der Waals surface area contributed by atoms with E-state index in [4.69, 9.17) is 9.47 Å². The number of morpholine rings is 1. The van der Waals surface area contributed by atoms with Crippen molar-refractivity contribution in [1.29, 1.82) is 0 Å². The van der Waals surface area contributed by atoms with Crippen LogP contribution in [0, 0.1) is 6.92 Å². The van der Waals surface area contributed by atoms with Crippen LogP contribution in [0.1, 0.15) is 25.6 Å². The van der Waals surface area contributed by atoms with E-state index < -0.39 is 0 Å². The highest BCUT2D eigenvalue weighted by atomic mass is 16.5. The molecule has 1 aliphatic rings. The number of aromatic nitrogens is 5. The lowest BCUT2D eigenvalue weighted by molar-refractivity contribution is 0.000245. The number of ether oxygens (including phenoxy) is 2. The molecule has 1 aliphatic heterocycles. The van der Waals surface area contributed by atoms with Gasteiger partial charge in [-0.1, -0.05) is 0 Å². The number of nitrogens with zero attached hydrogens (tertiary/aromatic N) is 5. The molecule has 0 spiro atoms. The molecule has 0 aliphatic carbocycles. The summed E-state index contributed by atoms with van der Waals surface area (Å²) >= 11 is 0. The molecule has 0 bridgehead atoms. The maximum atomic E-state index is 6.13. The van der Waals surface area contributed by atoms with Gasteiger partial charge in [-0.15, -0.1) is 0 Å². The highest BCUT2D eigenvalue weighted by molar-refractivity contribution is 5.75. The number of hydrogen-bond acceptors (Lipinski definition) is 7. The Hall–Kier alpha value is -3.43. The van der Waals surface area contributed by atoms with Gasteiger partial charge in [0.2, 0.25) is 0 Å². The first kappa shape index (κ1) is 21.4. The molecule has 0 amide bonds. The quantitative estimate of drug-likeness (QED) is 0.447. The molecule has 4 aromatic heterocycles. The lowest BCUT2D eigenvalue weighted by atomic mass is 10.1. The lowest BCUT2D eigenvalue weighted by Crippen LogP contribution is -2.41. The van der Waals surface area contributed by atoms with Crippen LogP contribution in [-0.2, 0) is 4.74 Å². The van der Waals surface area contributed by atoms with Gasteiger partial charge in [-0.3, -0.25) is 9.67 Å². The highest BCUT2D eigenvalue weighted by Gasteiger charge is 2.16. The van der Waals surface area contributed by atoms with E-state index in [9.17, 15) is 0 Å². The smallest absolute Gasteiger partial charge is 0.154 e. The van der Waals surface area contributed by atoms with Crippen LogP contribution < -0.4 is 15.4 Å². The third-order valence-electron chi connectivity index (χ3n) is 5.60. The molecule has 4 aromatic rings.